The number of carboxylic acid groups (broad SMARTS) is 1. The lowest BCUT2D eigenvalue weighted by atomic mass is 9.94. The minimum atomic E-state index is -0.888. The van der Waals surface area contributed by atoms with Crippen LogP contribution in [0.25, 0.3) is 10.8 Å². The van der Waals surface area contributed by atoms with Gasteiger partial charge in [0.1, 0.15) is 0 Å². The summed E-state index contributed by atoms with van der Waals surface area (Å²) in [6, 6.07) is 13.8. The Bertz CT molecular complexity index is 718. The smallest absolute Gasteiger partial charge is 0.308 e. The van der Waals surface area contributed by atoms with Crippen LogP contribution in [-0.2, 0) is 16.0 Å². The first-order valence-corrected chi connectivity index (χ1v) is 8.37. The highest BCUT2D eigenvalue weighted by Crippen LogP contribution is 2.21. The minimum Gasteiger partial charge on any atom is -0.481 e. The molecule has 2 unspecified atom stereocenters. The van der Waals surface area contributed by atoms with Crippen LogP contribution in [0.15, 0.2) is 42.5 Å². The Hall–Kier alpha value is -2.36. The second kappa shape index (κ2) is 7.95. The van der Waals surface area contributed by atoms with Crippen molar-refractivity contribution in [1.82, 2.24) is 5.32 Å². The molecule has 1 amide bonds. The number of aliphatic carboxylic acids is 1. The van der Waals surface area contributed by atoms with E-state index in [-0.39, 0.29) is 24.3 Å². The Morgan fingerprint density at radius 2 is 1.71 bits per heavy atom. The summed E-state index contributed by atoms with van der Waals surface area (Å²) >= 11 is 0. The second-order valence-electron chi connectivity index (χ2n) is 6.66. The van der Waals surface area contributed by atoms with Gasteiger partial charge in [-0.05, 0) is 28.7 Å². The molecular formula is C20H25NO3. The van der Waals surface area contributed by atoms with Crippen LogP contribution in [0, 0.1) is 17.8 Å². The van der Waals surface area contributed by atoms with Crippen molar-refractivity contribution in [2.45, 2.75) is 27.2 Å². The molecule has 2 rings (SSSR count). The Morgan fingerprint density at radius 1 is 1.04 bits per heavy atom. The van der Waals surface area contributed by atoms with E-state index in [9.17, 15) is 14.7 Å². The molecule has 0 aliphatic carbocycles. The number of carbonyl (C=O) groups excluding carboxylic acids is 1. The number of benzene rings is 2. The summed E-state index contributed by atoms with van der Waals surface area (Å²) in [6.45, 7) is 5.97. The molecule has 0 aliphatic heterocycles. The SMILES string of the molecule is CC(C)C(C)C(=O)NCC(Cc1cccc2ccccc12)C(=O)O. The number of amides is 1. The normalized spacial score (nSPS) is 13.7. The third kappa shape index (κ3) is 4.34. The summed E-state index contributed by atoms with van der Waals surface area (Å²) in [5.41, 5.74) is 0.992. The zero-order chi connectivity index (χ0) is 17.7. The number of carboxylic acids is 1. The van der Waals surface area contributed by atoms with Crippen molar-refractivity contribution < 1.29 is 14.7 Å². The molecule has 0 saturated carbocycles. The molecule has 0 heterocycles. The lowest BCUT2D eigenvalue weighted by Gasteiger charge is -2.18. The van der Waals surface area contributed by atoms with E-state index >= 15 is 0 Å². The molecular weight excluding hydrogens is 302 g/mol. The molecule has 0 aliphatic rings. The van der Waals surface area contributed by atoms with Gasteiger partial charge in [-0.1, -0.05) is 63.2 Å². The maximum Gasteiger partial charge on any atom is 0.308 e. The number of nitrogens with one attached hydrogen (secondary N) is 1. The molecule has 2 atom stereocenters. The Kier molecular flexibility index (Phi) is 5.96. The van der Waals surface area contributed by atoms with Crippen molar-refractivity contribution in [2.24, 2.45) is 17.8 Å². The fourth-order valence-electron chi connectivity index (χ4n) is 2.67. The van der Waals surface area contributed by atoms with Gasteiger partial charge in [0.15, 0.2) is 0 Å². The number of hydrogen-bond acceptors (Lipinski definition) is 2. The van der Waals surface area contributed by atoms with Crippen molar-refractivity contribution in [3.05, 3.63) is 48.0 Å². The first kappa shape index (κ1) is 18.0. The first-order valence-electron chi connectivity index (χ1n) is 8.37. The van der Waals surface area contributed by atoms with Gasteiger partial charge in [-0.15, -0.1) is 0 Å². The van der Waals surface area contributed by atoms with Crippen molar-refractivity contribution in [3.8, 4) is 0 Å². The van der Waals surface area contributed by atoms with Gasteiger partial charge in [0, 0.05) is 12.5 Å². The van der Waals surface area contributed by atoms with E-state index < -0.39 is 11.9 Å². The molecule has 2 N–H and O–H groups in total. The van der Waals surface area contributed by atoms with Crippen LogP contribution < -0.4 is 5.32 Å². The molecule has 0 fully saturated rings. The summed E-state index contributed by atoms with van der Waals surface area (Å²) < 4.78 is 0. The van der Waals surface area contributed by atoms with E-state index in [4.69, 9.17) is 0 Å². The van der Waals surface area contributed by atoms with E-state index in [1.807, 2.05) is 63.2 Å². The fraction of sp³-hybridized carbons (Fsp3) is 0.400. The standard InChI is InChI=1S/C20H25NO3/c1-13(2)14(3)19(22)21-12-17(20(23)24)11-16-9-6-8-15-7-4-5-10-18(15)16/h4-10,13-14,17H,11-12H2,1-3H3,(H,21,22)(H,23,24). The van der Waals surface area contributed by atoms with Crippen LogP contribution in [0.4, 0.5) is 0 Å². The van der Waals surface area contributed by atoms with E-state index in [1.54, 1.807) is 0 Å². The van der Waals surface area contributed by atoms with Crippen LogP contribution in [0.1, 0.15) is 26.3 Å². The molecule has 4 nitrogen and oxygen atoms in total. The molecule has 4 heteroatoms. The third-order valence-corrected chi connectivity index (χ3v) is 4.63. The minimum absolute atomic E-state index is 0.0887. The number of hydrogen-bond donors (Lipinski definition) is 2. The average Bonchev–Trinajstić information content (AvgIpc) is 2.57. The van der Waals surface area contributed by atoms with Gasteiger partial charge < -0.3 is 10.4 Å². The zero-order valence-electron chi connectivity index (χ0n) is 14.5. The molecule has 128 valence electrons. The quantitative estimate of drug-likeness (QED) is 0.818. The van der Waals surface area contributed by atoms with Gasteiger partial charge in [-0.25, -0.2) is 0 Å². The largest absolute Gasteiger partial charge is 0.481 e. The predicted molar refractivity (Wildman–Crippen MR) is 95.8 cm³/mol. The van der Waals surface area contributed by atoms with Crippen LogP contribution in [0.5, 0.6) is 0 Å². The van der Waals surface area contributed by atoms with Crippen molar-refractivity contribution in [2.75, 3.05) is 6.54 Å². The molecule has 0 bridgehead atoms. The highest BCUT2D eigenvalue weighted by molar-refractivity contribution is 5.86. The number of fused-ring (bicyclic) bond motifs is 1. The lowest BCUT2D eigenvalue weighted by molar-refractivity contribution is -0.141. The van der Waals surface area contributed by atoms with E-state index in [2.05, 4.69) is 5.32 Å². The Balaban J connectivity index is 2.11. The predicted octanol–water partition coefficient (Wildman–Crippen LogP) is 3.49. The summed E-state index contributed by atoms with van der Waals surface area (Å²) in [5, 5.41) is 14.5. The lowest BCUT2D eigenvalue weighted by Crippen LogP contribution is -2.38. The van der Waals surface area contributed by atoms with Gasteiger partial charge in [-0.2, -0.15) is 0 Å². The highest BCUT2D eigenvalue weighted by atomic mass is 16.4. The van der Waals surface area contributed by atoms with Crippen LogP contribution in [0.2, 0.25) is 0 Å². The maximum absolute atomic E-state index is 12.1. The van der Waals surface area contributed by atoms with Crippen molar-refractivity contribution >= 4 is 22.6 Å². The fourth-order valence-corrected chi connectivity index (χ4v) is 2.67. The molecule has 24 heavy (non-hydrogen) atoms. The van der Waals surface area contributed by atoms with Crippen LogP contribution in [0.3, 0.4) is 0 Å². The third-order valence-electron chi connectivity index (χ3n) is 4.63. The Labute approximate surface area is 142 Å². The van der Waals surface area contributed by atoms with Crippen molar-refractivity contribution in [3.63, 3.8) is 0 Å². The van der Waals surface area contributed by atoms with Gasteiger partial charge in [0.25, 0.3) is 0 Å². The maximum atomic E-state index is 12.1. The van der Waals surface area contributed by atoms with Crippen LogP contribution in [-0.4, -0.2) is 23.5 Å². The Morgan fingerprint density at radius 3 is 2.38 bits per heavy atom. The van der Waals surface area contributed by atoms with Gasteiger partial charge >= 0.3 is 5.97 Å². The molecule has 0 spiro atoms. The molecule has 0 radical (unpaired) electrons. The van der Waals surface area contributed by atoms with Gasteiger partial charge in [0.05, 0.1) is 5.92 Å². The van der Waals surface area contributed by atoms with Gasteiger partial charge in [-0.3, -0.25) is 9.59 Å². The molecule has 2 aromatic rings. The second-order valence-corrected chi connectivity index (χ2v) is 6.66. The first-order chi connectivity index (χ1) is 11.4. The zero-order valence-corrected chi connectivity index (χ0v) is 14.5. The van der Waals surface area contributed by atoms with E-state index in [0.29, 0.717) is 6.42 Å². The summed E-state index contributed by atoms with van der Waals surface area (Å²) in [6.07, 6.45) is 0.396. The average molecular weight is 327 g/mol. The number of carbonyl (C=O) groups is 2. The summed E-state index contributed by atoms with van der Waals surface area (Å²) in [5.74, 6) is -1.52. The van der Waals surface area contributed by atoms with E-state index in [1.165, 1.54) is 0 Å². The molecule has 2 aromatic carbocycles. The summed E-state index contributed by atoms with van der Waals surface area (Å²) in [4.78, 5) is 23.7. The van der Waals surface area contributed by atoms with Gasteiger partial charge in [0.2, 0.25) is 5.91 Å². The highest BCUT2D eigenvalue weighted by Gasteiger charge is 2.22. The molecule has 0 aromatic heterocycles. The monoisotopic (exact) mass is 327 g/mol. The summed E-state index contributed by atoms with van der Waals surface area (Å²) in [7, 11) is 0. The number of rotatable bonds is 7. The molecule has 0 saturated heterocycles. The topological polar surface area (TPSA) is 66.4 Å². The van der Waals surface area contributed by atoms with E-state index in [0.717, 1.165) is 16.3 Å². The van der Waals surface area contributed by atoms with Crippen molar-refractivity contribution in [1.29, 1.82) is 0 Å². The van der Waals surface area contributed by atoms with Crippen LogP contribution >= 0.6 is 0 Å².